The van der Waals surface area contributed by atoms with Crippen molar-refractivity contribution in [2.24, 2.45) is 5.41 Å². The van der Waals surface area contributed by atoms with Crippen LogP contribution < -0.4 is 10.6 Å². The van der Waals surface area contributed by atoms with E-state index in [0.717, 1.165) is 5.70 Å². The second-order valence-electron chi connectivity index (χ2n) is 9.20. The summed E-state index contributed by atoms with van der Waals surface area (Å²) in [5.41, 5.74) is 3.01. The van der Waals surface area contributed by atoms with E-state index >= 15 is 0 Å². The third-order valence-corrected chi connectivity index (χ3v) is 6.60. The van der Waals surface area contributed by atoms with E-state index in [4.69, 9.17) is 23.2 Å². The molecule has 0 radical (unpaired) electrons. The molecule has 1 amide bonds. The summed E-state index contributed by atoms with van der Waals surface area (Å²) in [5, 5.41) is 11.7. The lowest BCUT2D eigenvalue weighted by atomic mass is 9.73. The molecule has 2 heterocycles. The first-order chi connectivity index (χ1) is 15.7. The molecule has 168 valence electrons. The third-order valence-electron chi connectivity index (χ3n) is 6.04. The summed E-state index contributed by atoms with van der Waals surface area (Å²) in [6.07, 6.45) is 2.61. The Bertz CT molecular complexity index is 1310. The lowest BCUT2D eigenvalue weighted by Gasteiger charge is -2.39. The van der Waals surface area contributed by atoms with Crippen molar-refractivity contribution in [2.45, 2.75) is 32.7 Å². The number of hydrogen-bond donors (Lipinski definition) is 2. The number of para-hydroxylation sites is 1. The van der Waals surface area contributed by atoms with E-state index in [-0.39, 0.29) is 17.1 Å². The predicted molar refractivity (Wildman–Crippen MR) is 130 cm³/mol. The molecule has 2 aromatic carbocycles. The topological polar surface area (TPSA) is 76.0 Å². The molecule has 1 aliphatic carbocycles. The Morgan fingerprint density at radius 1 is 1.15 bits per heavy atom. The van der Waals surface area contributed by atoms with Crippen LogP contribution >= 0.6 is 23.2 Å². The standard InChI is InChI=1S/C25H22Cl2N4O2/c1-25(2)11-19-21(20(32)12-25)22(16-9-8-14(26)10-18(16)27)31-23(30-19)17(13-28-31)24(33)29-15-6-4-3-5-7-15/h3-10,13,22,30H,11-12H2,1-2H3,(H,29,33)/t22-/m1/s1. The quantitative estimate of drug-likeness (QED) is 0.474. The second-order valence-corrected chi connectivity index (χ2v) is 10.0. The number of carbonyl (C=O) groups is 2. The highest BCUT2D eigenvalue weighted by molar-refractivity contribution is 6.35. The molecule has 1 aliphatic heterocycles. The molecule has 1 aromatic heterocycles. The second kappa shape index (κ2) is 8.04. The number of allylic oxidation sites excluding steroid dienone is 2. The largest absolute Gasteiger partial charge is 0.343 e. The van der Waals surface area contributed by atoms with E-state index in [1.165, 1.54) is 6.20 Å². The predicted octanol–water partition coefficient (Wildman–Crippen LogP) is 6.10. The van der Waals surface area contributed by atoms with Gasteiger partial charge in [0.05, 0.1) is 6.20 Å². The molecule has 5 rings (SSSR count). The number of halogens is 2. The number of amides is 1. The van der Waals surface area contributed by atoms with Gasteiger partial charge in [-0.1, -0.05) is 61.3 Å². The van der Waals surface area contributed by atoms with Gasteiger partial charge >= 0.3 is 0 Å². The lowest BCUT2D eigenvalue weighted by Crippen LogP contribution is -2.37. The van der Waals surface area contributed by atoms with E-state index in [9.17, 15) is 9.59 Å². The number of ketones is 1. The molecule has 0 unspecified atom stereocenters. The average molecular weight is 481 g/mol. The number of aromatic nitrogens is 2. The van der Waals surface area contributed by atoms with Gasteiger partial charge in [-0.3, -0.25) is 9.59 Å². The third kappa shape index (κ3) is 3.94. The zero-order valence-corrected chi connectivity index (χ0v) is 19.7. The molecular weight excluding hydrogens is 459 g/mol. The van der Waals surface area contributed by atoms with Crippen molar-refractivity contribution in [3.05, 3.63) is 87.2 Å². The lowest BCUT2D eigenvalue weighted by molar-refractivity contribution is -0.118. The van der Waals surface area contributed by atoms with E-state index < -0.39 is 6.04 Å². The van der Waals surface area contributed by atoms with Crippen LogP contribution in [0.4, 0.5) is 11.5 Å². The van der Waals surface area contributed by atoms with Crippen molar-refractivity contribution in [3.63, 3.8) is 0 Å². The molecule has 0 spiro atoms. The Labute approximate surface area is 201 Å². The molecule has 0 bridgehead atoms. The number of anilines is 2. The van der Waals surface area contributed by atoms with Gasteiger partial charge in [0.1, 0.15) is 17.4 Å². The number of rotatable bonds is 3. The van der Waals surface area contributed by atoms with E-state index in [2.05, 4.69) is 29.6 Å². The molecule has 1 atom stereocenters. The van der Waals surface area contributed by atoms with Crippen LogP contribution in [-0.2, 0) is 4.79 Å². The van der Waals surface area contributed by atoms with Gasteiger partial charge in [-0.15, -0.1) is 0 Å². The van der Waals surface area contributed by atoms with Gasteiger partial charge in [0.25, 0.3) is 5.91 Å². The fourth-order valence-electron chi connectivity index (χ4n) is 4.61. The number of nitrogens with zero attached hydrogens (tertiary/aromatic N) is 2. The first-order valence-electron chi connectivity index (χ1n) is 10.7. The minimum Gasteiger partial charge on any atom is -0.343 e. The summed E-state index contributed by atoms with van der Waals surface area (Å²) in [5.74, 6) is 0.284. The smallest absolute Gasteiger partial charge is 0.261 e. The average Bonchev–Trinajstić information content (AvgIpc) is 3.16. The van der Waals surface area contributed by atoms with Crippen LogP contribution in [0.3, 0.4) is 0 Å². The van der Waals surface area contributed by atoms with Gasteiger partial charge in [-0.05, 0) is 36.1 Å². The van der Waals surface area contributed by atoms with Crippen LogP contribution in [-0.4, -0.2) is 21.5 Å². The fraction of sp³-hybridized carbons (Fsp3) is 0.240. The molecule has 0 fully saturated rings. The molecule has 8 heteroatoms. The van der Waals surface area contributed by atoms with Gasteiger partial charge in [-0.25, -0.2) is 4.68 Å². The number of Topliss-reactive ketones (excluding diaryl/α,β-unsaturated/α-hetero) is 1. The Hall–Kier alpha value is -3.09. The van der Waals surface area contributed by atoms with Crippen LogP contribution in [0.5, 0.6) is 0 Å². The highest BCUT2D eigenvalue weighted by atomic mass is 35.5. The minimum absolute atomic E-state index is 0.0428. The molecule has 0 saturated heterocycles. The zero-order chi connectivity index (χ0) is 23.3. The maximum Gasteiger partial charge on any atom is 0.261 e. The van der Waals surface area contributed by atoms with Gasteiger partial charge in [0, 0.05) is 39.0 Å². The number of hydrogen-bond acceptors (Lipinski definition) is 4. The van der Waals surface area contributed by atoms with Crippen molar-refractivity contribution >= 4 is 46.4 Å². The summed E-state index contributed by atoms with van der Waals surface area (Å²) in [6.45, 7) is 4.13. The van der Waals surface area contributed by atoms with Crippen LogP contribution in [0, 0.1) is 5.41 Å². The van der Waals surface area contributed by atoms with Gasteiger partial charge in [0.15, 0.2) is 5.78 Å². The van der Waals surface area contributed by atoms with Crippen LogP contribution in [0.25, 0.3) is 0 Å². The molecule has 33 heavy (non-hydrogen) atoms. The molecular formula is C25H22Cl2N4O2. The monoisotopic (exact) mass is 480 g/mol. The van der Waals surface area contributed by atoms with E-state index in [1.807, 2.05) is 36.4 Å². The SMILES string of the molecule is CC1(C)CC(=O)C2=C(C1)Nc1c(C(=O)Nc3ccccc3)cnn1[C@@H]2c1ccc(Cl)cc1Cl. The fourth-order valence-corrected chi connectivity index (χ4v) is 5.12. The highest BCUT2D eigenvalue weighted by Gasteiger charge is 2.42. The maximum atomic E-state index is 13.3. The number of fused-ring (bicyclic) bond motifs is 1. The van der Waals surface area contributed by atoms with E-state index in [1.54, 1.807) is 16.8 Å². The number of carbonyl (C=O) groups excluding carboxylic acids is 2. The Balaban J connectivity index is 1.63. The Kier molecular flexibility index (Phi) is 5.30. The van der Waals surface area contributed by atoms with Crippen molar-refractivity contribution in [1.29, 1.82) is 0 Å². The Morgan fingerprint density at radius 2 is 1.91 bits per heavy atom. The van der Waals surface area contributed by atoms with Gasteiger partial charge in [0.2, 0.25) is 0 Å². The first-order valence-corrected chi connectivity index (χ1v) is 11.4. The molecule has 6 nitrogen and oxygen atoms in total. The molecule has 2 N–H and O–H groups in total. The van der Waals surface area contributed by atoms with Crippen molar-refractivity contribution in [1.82, 2.24) is 9.78 Å². The molecule has 3 aromatic rings. The maximum absolute atomic E-state index is 13.3. The van der Waals surface area contributed by atoms with Crippen molar-refractivity contribution < 1.29 is 9.59 Å². The summed E-state index contributed by atoms with van der Waals surface area (Å²) in [7, 11) is 0. The first kappa shape index (κ1) is 21.7. The van der Waals surface area contributed by atoms with Crippen LogP contribution in [0.1, 0.15) is 48.7 Å². The number of nitrogens with one attached hydrogen (secondary N) is 2. The summed E-state index contributed by atoms with van der Waals surface area (Å²) < 4.78 is 1.67. The van der Waals surface area contributed by atoms with E-state index in [0.29, 0.717) is 51.1 Å². The molecule has 0 saturated carbocycles. The number of benzene rings is 2. The van der Waals surface area contributed by atoms with Crippen LogP contribution in [0.15, 0.2) is 66.0 Å². The summed E-state index contributed by atoms with van der Waals surface area (Å²) in [6, 6.07) is 13.9. The normalized spacial score (nSPS) is 18.9. The Morgan fingerprint density at radius 3 is 2.64 bits per heavy atom. The highest BCUT2D eigenvalue weighted by Crippen LogP contribution is 2.47. The van der Waals surface area contributed by atoms with Gasteiger partial charge in [-0.2, -0.15) is 5.10 Å². The van der Waals surface area contributed by atoms with Crippen molar-refractivity contribution in [2.75, 3.05) is 10.6 Å². The van der Waals surface area contributed by atoms with Crippen LogP contribution in [0.2, 0.25) is 10.0 Å². The van der Waals surface area contributed by atoms with Crippen molar-refractivity contribution in [3.8, 4) is 0 Å². The summed E-state index contributed by atoms with van der Waals surface area (Å²) in [4.78, 5) is 26.4. The zero-order valence-electron chi connectivity index (χ0n) is 18.2. The molecule has 2 aliphatic rings. The minimum atomic E-state index is -0.553. The summed E-state index contributed by atoms with van der Waals surface area (Å²) >= 11 is 12.7. The van der Waals surface area contributed by atoms with Gasteiger partial charge < -0.3 is 10.6 Å².